The van der Waals surface area contributed by atoms with Crippen molar-refractivity contribution in [2.45, 2.75) is 6.04 Å². The van der Waals surface area contributed by atoms with Crippen molar-refractivity contribution >= 4 is 0 Å². The van der Waals surface area contributed by atoms with Gasteiger partial charge in [0.05, 0.1) is 6.07 Å². The van der Waals surface area contributed by atoms with E-state index in [-0.39, 0.29) is 6.04 Å². The number of benzene rings is 1. The van der Waals surface area contributed by atoms with Gasteiger partial charge in [0.2, 0.25) is 0 Å². The lowest BCUT2D eigenvalue weighted by Gasteiger charge is -2.35. The molecule has 2 rings (SSSR count). The Morgan fingerprint density at radius 2 is 1.75 bits per heavy atom. The predicted octanol–water partition coefficient (Wildman–Crippen LogP) is 1.50. The van der Waals surface area contributed by atoms with Crippen LogP contribution in [0.1, 0.15) is 11.6 Å². The van der Waals surface area contributed by atoms with Crippen molar-refractivity contribution in [2.75, 3.05) is 33.2 Å². The van der Waals surface area contributed by atoms with E-state index in [1.54, 1.807) is 0 Å². The number of hydrogen-bond acceptors (Lipinski definition) is 3. The minimum Gasteiger partial charge on any atom is -0.304 e. The second kappa shape index (κ2) is 5.11. The Morgan fingerprint density at radius 3 is 2.31 bits per heavy atom. The topological polar surface area (TPSA) is 30.3 Å². The van der Waals surface area contributed by atoms with Crippen LogP contribution in [-0.2, 0) is 0 Å². The number of piperazine rings is 1. The van der Waals surface area contributed by atoms with Crippen LogP contribution in [0.5, 0.6) is 0 Å². The van der Waals surface area contributed by atoms with Crippen molar-refractivity contribution < 1.29 is 0 Å². The molecule has 0 aromatic heterocycles. The zero-order chi connectivity index (χ0) is 11.4. The first kappa shape index (κ1) is 11.1. The number of nitrogens with zero attached hydrogens (tertiary/aromatic N) is 3. The summed E-state index contributed by atoms with van der Waals surface area (Å²) in [6.07, 6.45) is 0. The summed E-state index contributed by atoms with van der Waals surface area (Å²) in [6, 6.07) is 12.4. The van der Waals surface area contributed by atoms with Crippen LogP contribution in [0.4, 0.5) is 0 Å². The van der Waals surface area contributed by atoms with Crippen LogP contribution in [0.2, 0.25) is 0 Å². The van der Waals surface area contributed by atoms with Gasteiger partial charge in [-0.15, -0.1) is 0 Å². The van der Waals surface area contributed by atoms with Crippen LogP contribution in [-0.4, -0.2) is 43.0 Å². The monoisotopic (exact) mass is 215 g/mol. The van der Waals surface area contributed by atoms with Crippen molar-refractivity contribution in [3.8, 4) is 6.07 Å². The summed E-state index contributed by atoms with van der Waals surface area (Å²) >= 11 is 0. The molecule has 1 aliphatic rings. The minimum absolute atomic E-state index is 0.0881. The first-order valence-electron chi connectivity index (χ1n) is 5.68. The fourth-order valence-corrected chi connectivity index (χ4v) is 2.08. The molecule has 1 heterocycles. The molecule has 1 aliphatic heterocycles. The van der Waals surface area contributed by atoms with E-state index in [9.17, 15) is 5.26 Å². The van der Waals surface area contributed by atoms with Crippen molar-refractivity contribution in [1.82, 2.24) is 9.80 Å². The van der Waals surface area contributed by atoms with Gasteiger partial charge in [-0.1, -0.05) is 30.3 Å². The Kier molecular flexibility index (Phi) is 3.55. The Morgan fingerprint density at radius 1 is 1.12 bits per heavy atom. The Labute approximate surface area is 96.9 Å². The van der Waals surface area contributed by atoms with E-state index in [4.69, 9.17) is 0 Å². The van der Waals surface area contributed by atoms with Crippen LogP contribution >= 0.6 is 0 Å². The predicted molar refractivity (Wildman–Crippen MR) is 63.9 cm³/mol. The Hall–Kier alpha value is -1.37. The first-order chi connectivity index (χ1) is 7.81. The van der Waals surface area contributed by atoms with Crippen molar-refractivity contribution in [2.24, 2.45) is 0 Å². The number of likely N-dealkylation sites (N-methyl/N-ethyl adjacent to an activating group) is 1. The normalized spacial score (nSPS) is 20.2. The van der Waals surface area contributed by atoms with E-state index < -0.39 is 0 Å². The third-order valence-electron chi connectivity index (χ3n) is 3.14. The zero-order valence-electron chi connectivity index (χ0n) is 9.63. The Bertz CT molecular complexity index is 361. The molecule has 1 saturated heterocycles. The van der Waals surface area contributed by atoms with Gasteiger partial charge in [-0.25, -0.2) is 0 Å². The second-order valence-electron chi connectivity index (χ2n) is 4.28. The fourth-order valence-electron chi connectivity index (χ4n) is 2.08. The lowest BCUT2D eigenvalue weighted by molar-refractivity contribution is 0.133. The summed E-state index contributed by atoms with van der Waals surface area (Å²) in [5.74, 6) is 0. The van der Waals surface area contributed by atoms with Gasteiger partial charge >= 0.3 is 0 Å². The van der Waals surface area contributed by atoms with Gasteiger partial charge in [-0.2, -0.15) is 5.26 Å². The maximum absolute atomic E-state index is 9.29. The SMILES string of the molecule is CN1CCN([C@@H](C#N)c2ccccc2)CC1. The van der Waals surface area contributed by atoms with E-state index in [1.165, 1.54) is 0 Å². The summed E-state index contributed by atoms with van der Waals surface area (Å²) < 4.78 is 0. The molecule has 84 valence electrons. The first-order valence-corrected chi connectivity index (χ1v) is 5.68. The van der Waals surface area contributed by atoms with E-state index in [2.05, 4.69) is 22.9 Å². The van der Waals surface area contributed by atoms with Crippen LogP contribution in [0.15, 0.2) is 30.3 Å². The summed E-state index contributed by atoms with van der Waals surface area (Å²) in [5, 5.41) is 9.29. The number of nitriles is 1. The van der Waals surface area contributed by atoms with Crippen LogP contribution in [0.3, 0.4) is 0 Å². The number of hydrogen-bond donors (Lipinski definition) is 0. The van der Waals surface area contributed by atoms with Crippen molar-refractivity contribution in [3.05, 3.63) is 35.9 Å². The average molecular weight is 215 g/mol. The fraction of sp³-hybridized carbons (Fsp3) is 0.462. The largest absolute Gasteiger partial charge is 0.304 e. The molecule has 0 spiro atoms. The minimum atomic E-state index is -0.0881. The van der Waals surface area contributed by atoms with Crippen LogP contribution in [0.25, 0.3) is 0 Å². The molecule has 0 N–H and O–H groups in total. The van der Waals surface area contributed by atoms with E-state index in [1.807, 2.05) is 30.3 Å². The lowest BCUT2D eigenvalue weighted by atomic mass is 10.1. The van der Waals surface area contributed by atoms with Crippen LogP contribution < -0.4 is 0 Å². The molecule has 1 aromatic rings. The third kappa shape index (κ3) is 2.41. The molecule has 0 radical (unpaired) electrons. The molecule has 0 aliphatic carbocycles. The number of rotatable bonds is 2. The summed E-state index contributed by atoms with van der Waals surface area (Å²) in [7, 11) is 2.13. The second-order valence-corrected chi connectivity index (χ2v) is 4.28. The zero-order valence-corrected chi connectivity index (χ0v) is 9.63. The molecule has 0 amide bonds. The molecule has 0 bridgehead atoms. The highest BCUT2D eigenvalue weighted by Crippen LogP contribution is 2.20. The lowest BCUT2D eigenvalue weighted by Crippen LogP contribution is -2.45. The van der Waals surface area contributed by atoms with Gasteiger partial charge in [-0.05, 0) is 12.6 Å². The highest BCUT2D eigenvalue weighted by molar-refractivity contribution is 5.24. The van der Waals surface area contributed by atoms with Gasteiger partial charge in [-0.3, -0.25) is 4.90 Å². The van der Waals surface area contributed by atoms with E-state index in [0.717, 1.165) is 31.7 Å². The van der Waals surface area contributed by atoms with E-state index in [0.29, 0.717) is 0 Å². The highest BCUT2D eigenvalue weighted by Gasteiger charge is 2.23. The molecule has 1 aromatic carbocycles. The average Bonchev–Trinajstić information content (AvgIpc) is 2.34. The van der Waals surface area contributed by atoms with E-state index >= 15 is 0 Å². The molecule has 0 unspecified atom stereocenters. The molecular weight excluding hydrogens is 198 g/mol. The molecular formula is C13H17N3. The molecule has 0 saturated carbocycles. The Balaban J connectivity index is 2.09. The maximum Gasteiger partial charge on any atom is 0.123 e. The maximum atomic E-state index is 9.29. The van der Waals surface area contributed by atoms with Crippen LogP contribution in [0, 0.1) is 11.3 Å². The third-order valence-corrected chi connectivity index (χ3v) is 3.14. The quantitative estimate of drug-likeness (QED) is 0.749. The summed E-state index contributed by atoms with van der Waals surface area (Å²) in [5.41, 5.74) is 1.11. The van der Waals surface area contributed by atoms with Gasteiger partial charge in [0.25, 0.3) is 0 Å². The van der Waals surface area contributed by atoms with Gasteiger partial charge in [0.15, 0.2) is 0 Å². The van der Waals surface area contributed by atoms with Gasteiger partial charge < -0.3 is 4.90 Å². The molecule has 3 heteroatoms. The molecule has 1 atom stereocenters. The standard InChI is InChI=1S/C13H17N3/c1-15-7-9-16(10-8-15)13(11-14)12-5-3-2-4-6-12/h2-6,13H,7-10H2,1H3/t13-/m0/s1. The van der Waals surface area contributed by atoms with Crippen molar-refractivity contribution in [3.63, 3.8) is 0 Å². The van der Waals surface area contributed by atoms with Gasteiger partial charge in [0.1, 0.15) is 6.04 Å². The molecule has 3 nitrogen and oxygen atoms in total. The summed E-state index contributed by atoms with van der Waals surface area (Å²) in [6.45, 7) is 4.04. The highest BCUT2D eigenvalue weighted by atomic mass is 15.3. The smallest absolute Gasteiger partial charge is 0.123 e. The molecule has 1 fully saturated rings. The summed E-state index contributed by atoms with van der Waals surface area (Å²) in [4.78, 5) is 4.56. The van der Waals surface area contributed by atoms with Gasteiger partial charge in [0, 0.05) is 26.2 Å². The van der Waals surface area contributed by atoms with Crippen molar-refractivity contribution in [1.29, 1.82) is 5.26 Å². The molecule has 16 heavy (non-hydrogen) atoms.